The highest BCUT2D eigenvalue weighted by Gasteiger charge is 1.92. The lowest BCUT2D eigenvalue weighted by Gasteiger charge is -2.06. The molecule has 1 heterocycles. The van der Waals surface area contributed by atoms with E-state index in [-0.39, 0.29) is 0 Å². The molecule has 0 spiro atoms. The minimum Gasteiger partial charge on any atom is -0.366 e. The lowest BCUT2D eigenvalue weighted by molar-refractivity contribution is 0.849. The van der Waals surface area contributed by atoms with Gasteiger partial charge in [0.2, 0.25) is 0 Å². The molecule has 3 nitrogen and oxygen atoms in total. The monoisotopic (exact) mass is 195 g/mol. The van der Waals surface area contributed by atoms with Crippen molar-refractivity contribution in [2.75, 3.05) is 13.6 Å². The first-order valence-corrected chi connectivity index (χ1v) is 4.58. The van der Waals surface area contributed by atoms with E-state index >= 15 is 0 Å². The molecule has 0 unspecified atom stereocenters. The van der Waals surface area contributed by atoms with Gasteiger partial charge in [-0.3, -0.25) is 4.98 Å². The molecule has 1 rings (SSSR count). The van der Waals surface area contributed by atoms with Gasteiger partial charge < -0.3 is 10.6 Å². The van der Waals surface area contributed by atoms with E-state index in [1.54, 1.807) is 12.4 Å². The van der Waals surface area contributed by atoms with Gasteiger partial charge in [-0.15, -0.1) is 0 Å². The minimum absolute atomic E-state index is 0.689. The summed E-state index contributed by atoms with van der Waals surface area (Å²) in [7, 11) is 1.81. The number of thiocarbonyl (C=S) groups is 1. The number of aromatic nitrogens is 1. The van der Waals surface area contributed by atoms with Crippen LogP contribution in [-0.2, 0) is 6.42 Å². The number of nitrogens with one attached hydrogen (secondary N) is 2. The van der Waals surface area contributed by atoms with E-state index in [0.29, 0.717) is 5.11 Å². The average Bonchev–Trinajstić information content (AvgIpc) is 2.19. The molecular formula is C9H13N3S. The first-order valence-electron chi connectivity index (χ1n) is 4.17. The smallest absolute Gasteiger partial charge is 0.166 e. The van der Waals surface area contributed by atoms with Gasteiger partial charge in [-0.05, 0) is 36.3 Å². The van der Waals surface area contributed by atoms with Crippen molar-refractivity contribution < 1.29 is 0 Å². The summed E-state index contributed by atoms with van der Waals surface area (Å²) in [5, 5.41) is 6.63. The van der Waals surface area contributed by atoms with E-state index in [9.17, 15) is 0 Å². The van der Waals surface area contributed by atoms with Crippen molar-refractivity contribution in [3.8, 4) is 0 Å². The molecule has 70 valence electrons. The largest absolute Gasteiger partial charge is 0.366 e. The Morgan fingerprint density at radius 2 is 2.15 bits per heavy atom. The third kappa shape index (κ3) is 3.85. The van der Waals surface area contributed by atoms with Crippen molar-refractivity contribution in [1.82, 2.24) is 15.6 Å². The molecule has 1 aromatic heterocycles. The molecule has 4 heteroatoms. The Morgan fingerprint density at radius 3 is 2.77 bits per heavy atom. The fraction of sp³-hybridized carbons (Fsp3) is 0.333. The summed E-state index contributed by atoms with van der Waals surface area (Å²) in [4.78, 5) is 3.95. The van der Waals surface area contributed by atoms with Gasteiger partial charge in [-0.2, -0.15) is 0 Å². The molecule has 0 radical (unpaired) electrons. The standard InChI is InChI=1S/C9H13N3S/c1-10-9(13)12-7-4-8-2-5-11-6-3-8/h2-3,5-6H,4,7H2,1H3,(H2,10,12,13). The van der Waals surface area contributed by atoms with Crippen molar-refractivity contribution >= 4 is 17.3 Å². The van der Waals surface area contributed by atoms with Crippen molar-refractivity contribution in [2.24, 2.45) is 0 Å². The first kappa shape index (κ1) is 9.92. The third-order valence-corrected chi connectivity index (χ3v) is 2.02. The molecule has 0 aliphatic rings. The number of hydrogen-bond donors (Lipinski definition) is 2. The van der Waals surface area contributed by atoms with E-state index in [0.717, 1.165) is 13.0 Å². The minimum atomic E-state index is 0.689. The van der Waals surface area contributed by atoms with Crippen LogP contribution in [0.5, 0.6) is 0 Å². The van der Waals surface area contributed by atoms with Gasteiger partial charge in [0.15, 0.2) is 5.11 Å². The molecule has 0 saturated heterocycles. The molecule has 0 amide bonds. The molecule has 0 bridgehead atoms. The molecule has 0 atom stereocenters. The van der Waals surface area contributed by atoms with Gasteiger partial charge in [0.25, 0.3) is 0 Å². The summed E-state index contributed by atoms with van der Waals surface area (Å²) >= 11 is 4.94. The normalized spacial score (nSPS) is 9.31. The lowest BCUT2D eigenvalue weighted by atomic mass is 10.2. The number of hydrogen-bond acceptors (Lipinski definition) is 2. The third-order valence-electron chi connectivity index (χ3n) is 1.68. The quantitative estimate of drug-likeness (QED) is 0.697. The van der Waals surface area contributed by atoms with Crippen LogP contribution in [0.1, 0.15) is 5.56 Å². The Morgan fingerprint density at radius 1 is 1.46 bits per heavy atom. The van der Waals surface area contributed by atoms with Gasteiger partial charge in [-0.25, -0.2) is 0 Å². The van der Waals surface area contributed by atoms with Gasteiger partial charge in [0, 0.05) is 26.0 Å². The van der Waals surface area contributed by atoms with Crippen LogP contribution in [0.2, 0.25) is 0 Å². The first-order chi connectivity index (χ1) is 6.33. The van der Waals surface area contributed by atoms with Gasteiger partial charge in [0.1, 0.15) is 0 Å². The molecular weight excluding hydrogens is 182 g/mol. The van der Waals surface area contributed by atoms with Crippen LogP contribution in [0.25, 0.3) is 0 Å². The zero-order valence-electron chi connectivity index (χ0n) is 7.58. The van der Waals surface area contributed by atoms with Crippen LogP contribution in [0.4, 0.5) is 0 Å². The van der Waals surface area contributed by atoms with E-state index < -0.39 is 0 Å². The fourth-order valence-electron chi connectivity index (χ4n) is 0.958. The molecule has 1 aromatic rings. The Bertz CT molecular complexity index is 261. The van der Waals surface area contributed by atoms with Crippen molar-refractivity contribution in [2.45, 2.75) is 6.42 Å². The maximum absolute atomic E-state index is 4.94. The summed E-state index contributed by atoms with van der Waals surface area (Å²) in [6.45, 7) is 0.851. The molecule has 2 N–H and O–H groups in total. The number of nitrogens with zero attached hydrogens (tertiary/aromatic N) is 1. The highest BCUT2D eigenvalue weighted by atomic mass is 32.1. The zero-order chi connectivity index (χ0) is 9.52. The van der Waals surface area contributed by atoms with E-state index in [1.807, 2.05) is 19.2 Å². The topological polar surface area (TPSA) is 37.0 Å². The molecule has 0 aliphatic carbocycles. The second-order valence-corrected chi connectivity index (χ2v) is 3.02. The Labute approximate surface area is 83.6 Å². The van der Waals surface area contributed by atoms with E-state index in [4.69, 9.17) is 12.2 Å². The van der Waals surface area contributed by atoms with Gasteiger partial charge >= 0.3 is 0 Å². The van der Waals surface area contributed by atoms with E-state index in [1.165, 1.54) is 5.56 Å². The lowest BCUT2D eigenvalue weighted by Crippen LogP contribution is -2.33. The van der Waals surface area contributed by atoms with Crippen LogP contribution >= 0.6 is 12.2 Å². The Kier molecular flexibility index (Phi) is 4.18. The maximum atomic E-state index is 4.94. The van der Waals surface area contributed by atoms with Crippen molar-refractivity contribution in [3.05, 3.63) is 30.1 Å². The van der Waals surface area contributed by atoms with Crippen LogP contribution in [0, 0.1) is 0 Å². The predicted molar refractivity (Wildman–Crippen MR) is 57.6 cm³/mol. The molecule has 0 fully saturated rings. The van der Waals surface area contributed by atoms with Gasteiger partial charge in [0.05, 0.1) is 0 Å². The maximum Gasteiger partial charge on any atom is 0.166 e. The fourth-order valence-corrected chi connectivity index (χ4v) is 1.06. The number of pyridine rings is 1. The van der Waals surface area contributed by atoms with Crippen LogP contribution in [0.15, 0.2) is 24.5 Å². The van der Waals surface area contributed by atoms with Crippen LogP contribution < -0.4 is 10.6 Å². The predicted octanol–water partition coefficient (Wildman–Crippen LogP) is 0.718. The molecule has 0 aromatic carbocycles. The second-order valence-electron chi connectivity index (χ2n) is 2.61. The zero-order valence-corrected chi connectivity index (χ0v) is 8.40. The van der Waals surface area contributed by atoms with E-state index in [2.05, 4.69) is 15.6 Å². The summed E-state index contributed by atoms with van der Waals surface area (Å²) in [6.07, 6.45) is 4.56. The molecule has 0 aliphatic heterocycles. The second kappa shape index (κ2) is 5.48. The highest BCUT2D eigenvalue weighted by molar-refractivity contribution is 7.80. The van der Waals surface area contributed by atoms with Gasteiger partial charge in [-0.1, -0.05) is 0 Å². The SMILES string of the molecule is CNC(=S)NCCc1ccncc1. The van der Waals surface area contributed by atoms with Crippen molar-refractivity contribution in [1.29, 1.82) is 0 Å². The van der Waals surface area contributed by atoms with Crippen molar-refractivity contribution in [3.63, 3.8) is 0 Å². The van der Waals surface area contributed by atoms with Crippen LogP contribution in [0.3, 0.4) is 0 Å². The number of rotatable bonds is 3. The summed E-state index contributed by atoms with van der Waals surface area (Å²) in [5.74, 6) is 0. The highest BCUT2D eigenvalue weighted by Crippen LogP contribution is 1.95. The summed E-state index contributed by atoms with van der Waals surface area (Å²) < 4.78 is 0. The summed E-state index contributed by atoms with van der Waals surface area (Å²) in [5.41, 5.74) is 1.27. The van der Waals surface area contributed by atoms with Crippen LogP contribution in [-0.4, -0.2) is 23.7 Å². The summed E-state index contributed by atoms with van der Waals surface area (Å²) in [6, 6.07) is 4.01. The Hall–Kier alpha value is -1.16. The molecule has 0 saturated carbocycles. The Balaban J connectivity index is 2.24. The average molecular weight is 195 g/mol. The molecule has 13 heavy (non-hydrogen) atoms.